The Bertz CT molecular complexity index is 967. The zero-order chi connectivity index (χ0) is 24.6. The zero-order valence-corrected chi connectivity index (χ0v) is 21.3. The average molecular weight is 580 g/mol. The summed E-state index contributed by atoms with van der Waals surface area (Å²) < 4.78 is 31.3. The highest BCUT2D eigenvalue weighted by Crippen LogP contribution is 2.26. The summed E-state index contributed by atoms with van der Waals surface area (Å²) in [5, 5.41) is 11.7. The molecular weight excluding hydrogens is 554 g/mol. The van der Waals surface area contributed by atoms with E-state index < -0.39 is 5.82 Å². The fourth-order valence-corrected chi connectivity index (χ4v) is 3.08. The number of carbonyl (C=O) groups is 2. The van der Waals surface area contributed by atoms with Crippen molar-refractivity contribution in [2.75, 3.05) is 0 Å². The number of halogens is 4. The molecule has 1 amide bonds. The van der Waals surface area contributed by atoms with Gasteiger partial charge in [-0.15, -0.1) is 0 Å². The number of benzene rings is 2. The standard InChI is InChI=1S/C11H13BrFNO2.C8H4BrFO2.C3H9N/c1-6(2)14-11(16)8-4-9(12)10(13)3-7(8)5-15;9-6-2-5-4(1-7(6)10)3-12-8(5)11;1-3(2)4/h3-4,6,15H,5H2,1-2H3,(H,14,16);1-2H,3H2;3H,4H2,1-2H3. The van der Waals surface area contributed by atoms with Crippen LogP contribution >= 0.6 is 31.9 Å². The number of rotatable bonds is 3. The number of aliphatic hydroxyl groups excluding tert-OH is 1. The quantitative estimate of drug-likeness (QED) is 0.452. The molecule has 0 radical (unpaired) electrons. The van der Waals surface area contributed by atoms with E-state index in [4.69, 9.17) is 15.6 Å². The smallest absolute Gasteiger partial charge is 0.338 e. The van der Waals surface area contributed by atoms with Gasteiger partial charge in [0.2, 0.25) is 0 Å². The van der Waals surface area contributed by atoms with Gasteiger partial charge in [-0.05, 0) is 81.6 Å². The van der Waals surface area contributed by atoms with Gasteiger partial charge in [-0.25, -0.2) is 13.6 Å². The molecule has 0 aliphatic carbocycles. The van der Waals surface area contributed by atoms with E-state index in [-0.39, 0.29) is 52.5 Å². The minimum atomic E-state index is -0.495. The number of carbonyl (C=O) groups excluding carboxylic acids is 2. The summed E-state index contributed by atoms with van der Waals surface area (Å²) in [6.45, 7) is 7.35. The second kappa shape index (κ2) is 13.0. The van der Waals surface area contributed by atoms with Crippen molar-refractivity contribution in [1.82, 2.24) is 5.32 Å². The van der Waals surface area contributed by atoms with Gasteiger partial charge in [-0.3, -0.25) is 4.79 Å². The number of fused-ring (bicyclic) bond motifs is 1. The lowest BCUT2D eigenvalue weighted by Gasteiger charge is -2.12. The van der Waals surface area contributed by atoms with E-state index in [9.17, 15) is 18.4 Å². The fraction of sp³-hybridized carbons (Fsp3) is 0.364. The van der Waals surface area contributed by atoms with Crippen molar-refractivity contribution in [2.45, 2.75) is 53.0 Å². The van der Waals surface area contributed by atoms with Gasteiger partial charge < -0.3 is 20.9 Å². The van der Waals surface area contributed by atoms with Crippen LogP contribution in [0.5, 0.6) is 0 Å². The molecule has 0 saturated carbocycles. The number of amides is 1. The van der Waals surface area contributed by atoms with E-state index in [0.29, 0.717) is 21.6 Å². The monoisotopic (exact) mass is 578 g/mol. The molecule has 0 atom stereocenters. The number of hydrogen-bond donors (Lipinski definition) is 3. The first-order valence-electron chi connectivity index (χ1n) is 9.67. The number of ether oxygens (including phenoxy) is 1. The van der Waals surface area contributed by atoms with Crippen LogP contribution < -0.4 is 11.1 Å². The minimum Gasteiger partial charge on any atom is -0.457 e. The Balaban J connectivity index is 0.000000281. The summed E-state index contributed by atoms with van der Waals surface area (Å²) in [7, 11) is 0. The van der Waals surface area contributed by atoms with Gasteiger partial charge in [-0.1, -0.05) is 13.8 Å². The van der Waals surface area contributed by atoms with E-state index >= 15 is 0 Å². The Hall–Kier alpha value is -1.88. The first-order chi connectivity index (χ1) is 14.9. The highest BCUT2D eigenvalue weighted by atomic mass is 79.9. The van der Waals surface area contributed by atoms with E-state index in [1.54, 1.807) is 0 Å². The highest BCUT2D eigenvalue weighted by Gasteiger charge is 2.22. The molecule has 2 aromatic carbocycles. The molecule has 1 heterocycles. The van der Waals surface area contributed by atoms with Gasteiger partial charge in [0.05, 0.1) is 21.1 Å². The predicted molar refractivity (Wildman–Crippen MR) is 125 cm³/mol. The molecule has 0 fully saturated rings. The van der Waals surface area contributed by atoms with E-state index in [2.05, 4.69) is 37.2 Å². The summed E-state index contributed by atoms with van der Waals surface area (Å²) >= 11 is 6.00. The van der Waals surface area contributed by atoms with Gasteiger partial charge in [0.25, 0.3) is 5.91 Å². The Morgan fingerprint density at radius 1 is 1.12 bits per heavy atom. The molecule has 0 bridgehead atoms. The minimum absolute atomic E-state index is 0.0112. The van der Waals surface area contributed by atoms with E-state index in [0.717, 1.165) is 6.07 Å². The van der Waals surface area contributed by atoms with Gasteiger partial charge >= 0.3 is 5.97 Å². The molecular formula is C22H26Br2F2N2O4. The summed E-state index contributed by atoms with van der Waals surface area (Å²) in [4.78, 5) is 22.7. The van der Waals surface area contributed by atoms with Crippen LogP contribution in [-0.2, 0) is 18.0 Å². The number of cyclic esters (lactones) is 1. The first-order valence-corrected chi connectivity index (χ1v) is 11.3. The van der Waals surface area contributed by atoms with Crippen molar-refractivity contribution >= 4 is 43.7 Å². The van der Waals surface area contributed by atoms with Crippen LogP contribution in [0.3, 0.4) is 0 Å². The normalized spacial score (nSPS) is 11.8. The van der Waals surface area contributed by atoms with Gasteiger partial charge in [-0.2, -0.15) is 0 Å². The van der Waals surface area contributed by atoms with Crippen LogP contribution in [0.1, 0.15) is 59.5 Å². The Kier molecular flexibility index (Phi) is 11.4. The van der Waals surface area contributed by atoms with Crippen molar-refractivity contribution in [3.63, 3.8) is 0 Å². The van der Waals surface area contributed by atoms with E-state index in [1.165, 1.54) is 18.2 Å². The molecule has 1 aliphatic rings. The Morgan fingerprint density at radius 2 is 1.66 bits per heavy atom. The van der Waals surface area contributed by atoms with Crippen molar-refractivity contribution in [3.8, 4) is 0 Å². The number of esters is 1. The molecule has 32 heavy (non-hydrogen) atoms. The number of hydrogen-bond acceptors (Lipinski definition) is 5. The van der Waals surface area contributed by atoms with Gasteiger partial charge in [0, 0.05) is 17.2 Å². The van der Waals surface area contributed by atoms with Gasteiger partial charge in [0.1, 0.15) is 18.2 Å². The molecule has 10 heteroatoms. The third-order valence-electron chi connectivity index (χ3n) is 3.71. The molecule has 3 rings (SSSR count). The summed E-state index contributed by atoms with van der Waals surface area (Å²) in [5.74, 6) is -1.57. The molecule has 176 valence electrons. The molecule has 0 unspecified atom stereocenters. The highest BCUT2D eigenvalue weighted by molar-refractivity contribution is 9.10. The van der Waals surface area contributed by atoms with Crippen molar-refractivity contribution < 1.29 is 28.2 Å². The number of nitrogens with one attached hydrogen (secondary N) is 1. The van der Waals surface area contributed by atoms with Crippen LogP contribution in [0.4, 0.5) is 8.78 Å². The summed E-state index contributed by atoms with van der Waals surface area (Å²) in [6, 6.07) is 5.60. The second-order valence-electron chi connectivity index (χ2n) is 7.45. The van der Waals surface area contributed by atoms with Crippen LogP contribution in [0.15, 0.2) is 33.2 Å². The molecule has 4 N–H and O–H groups in total. The van der Waals surface area contributed by atoms with Crippen molar-refractivity contribution in [2.24, 2.45) is 5.73 Å². The average Bonchev–Trinajstić information content (AvgIpc) is 3.03. The fourth-order valence-electron chi connectivity index (χ4n) is 2.39. The lowest BCUT2D eigenvalue weighted by molar-refractivity contribution is 0.0534. The predicted octanol–water partition coefficient (Wildman–Crippen LogP) is 4.83. The molecule has 6 nitrogen and oxygen atoms in total. The third kappa shape index (κ3) is 8.57. The first kappa shape index (κ1) is 28.2. The Morgan fingerprint density at radius 3 is 2.19 bits per heavy atom. The molecule has 2 aromatic rings. The van der Waals surface area contributed by atoms with Crippen molar-refractivity contribution in [3.05, 3.63) is 67.1 Å². The molecule has 0 saturated heterocycles. The van der Waals surface area contributed by atoms with Crippen LogP contribution in [0.2, 0.25) is 0 Å². The lowest BCUT2D eigenvalue weighted by atomic mass is 10.1. The maximum absolute atomic E-state index is 13.2. The van der Waals surface area contributed by atoms with Crippen LogP contribution in [0, 0.1) is 11.6 Å². The molecule has 0 spiro atoms. The van der Waals surface area contributed by atoms with E-state index in [1.807, 2.05) is 27.7 Å². The molecule has 0 aromatic heterocycles. The van der Waals surface area contributed by atoms with Crippen LogP contribution in [0.25, 0.3) is 0 Å². The van der Waals surface area contributed by atoms with Crippen molar-refractivity contribution in [1.29, 1.82) is 0 Å². The SMILES string of the molecule is CC(C)N.CC(C)NC(=O)c1cc(Br)c(F)cc1CO.O=C1OCc2cc(F)c(Br)cc21. The maximum atomic E-state index is 13.2. The lowest BCUT2D eigenvalue weighted by Crippen LogP contribution is -2.31. The largest absolute Gasteiger partial charge is 0.457 e. The topological polar surface area (TPSA) is 102 Å². The third-order valence-corrected chi connectivity index (χ3v) is 4.92. The summed E-state index contributed by atoms with van der Waals surface area (Å²) in [6.07, 6.45) is 0. The zero-order valence-electron chi connectivity index (χ0n) is 18.1. The second-order valence-corrected chi connectivity index (χ2v) is 9.16. The molecule has 1 aliphatic heterocycles. The number of aliphatic hydroxyl groups is 1. The van der Waals surface area contributed by atoms with Gasteiger partial charge in [0.15, 0.2) is 0 Å². The van der Waals surface area contributed by atoms with Crippen LogP contribution in [-0.4, -0.2) is 29.1 Å². The maximum Gasteiger partial charge on any atom is 0.338 e. The summed E-state index contributed by atoms with van der Waals surface area (Å²) in [5.41, 5.74) is 6.73. The number of nitrogens with two attached hydrogens (primary N) is 1. The Labute approximate surface area is 202 Å².